The van der Waals surface area contributed by atoms with Crippen LogP contribution < -0.4 is 9.79 Å². The topological polar surface area (TPSA) is 111 Å². The summed E-state index contributed by atoms with van der Waals surface area (Å²) >= 11 is 0. The van der Waals surface area contributed by atoms with Gasteiger partial charge in [0.15, 0.2) is 5.82 Å². The molecule has 21 heavy (non-hydrogen) atoms. The summed E-state index contributed by atoms with van der Waals surface area (Å²) in [5.41, 5.74) is 3.29. The Morgan fingerprint density at radius 1 is 1.52 bits per heavy atom. The van der Waals surface area contributed by atoms with Crippen molar-refractivity contribution in [2.45, 2.75) is 13.3 Å². The van der Waals surface area contributed by atoms with Gasteiger partial charge in [-0.05, 0) is 31.5 Å². The number of aliphatic imine (C=N–C) groups is 1. The quantitative estimate of drug-likeness (QED) is 0.437. The van der Waals surface area contributed by atoms with Gasteiger partial charge in [-0.1, -0.05) is 0 Å². The van der Waals surface area contributed by atoms with Crippen LogP contribution in [-0.2, 0) is 10.0 Å². The first-order chi connectivity index (χ1) is 10.0. The second-order valence-electron chi connectivity index (χ2n) is 4.83. The number of hydrogen-bond donors (Lipinski definition) is 3. The minimum Gasteiger partial charge on any atom is -0.290 e. The van der Waals surface area contributed by atoms with E-state index in [2.05, 4.69) is 15.2 Å². The van der Waals surface area contributed by atoms with Gasteiger partial charge < -0.3 is 0 Å². The van der Waals surface area contributed by atoms with Gasteiger partial charge in [-0.15, -0.1) is 0 Å². The van der Waals surface area contributed by atoms with Crippen LogP contribution in [0.1, 0.15) is 13.3 Å². The highest BCUT2D eigenvalue weighted by molar-refractivity contribution is 7.93. The lowest BCUT2D eigenvalue weighted by Crippen LogP contribution is -2.24. The predicted molar refractivity (Wildman–Crippen MR) is 79.5 cm³/mol. The largest absolute Gasteiger partial charge is 0.290 e. The number of hydrogen-bond acceptors (Lipinski definition) is 5. The summed E-state index contributed by atoms with van der Waals surface area (Å²) in [7, 11) is -3.22. The van der Waals surface area contributed by atoms with Gasteiger partial charge >= 0.3 is 0 Å². The van der Waals surface area contributed by atoms with Gasteiger partial charge in [-0.2, -0.15) is 5.10 Å². The zero-order chi connectivity index (χ0) is 15.0. The van der Waals surface area contributed by atoms with Crippen molar-refractivity contribution < 1.29 is 13.6 Å². The first-order valence-corrected chi connectivity index (χ1v) is 8.06. The molecule has 3 N–H and O–H groups in total. The van der Waals surface area contributed by atoms with Crippen LogP contribution >= 0.6 is 0 Å². The number of benzene rings is 1. The first kappa shape index (κ1) is 13.8. The fraction of sp³-hybridized carbons (Fsp3) is 0.333. The molecule has 9 heteroatoms. The van der Waals surface area contributed by atoms with Crippen molar-refractivity contribution in [3.05, 3.63) is 18.2 Å². The molecule has 2 heterocycles. The molecule has 3 rings (SSSR count). The molecule has 0 bridgehead atoms. The van der Waals surface area contributed by atoms with Crippen LogP contribution in [0, 0.1) is 0 Å². The molecule has 0 atom stereocenters. The van der Waals surface area contributed by atoms with E-state index in [9.17, 15) is 8.42 Å². The fourth-order valence-electron chi connectivity index (χ4n) is 2.34. The Balaban J connectivity index is 2.09. The van der Waals surface area contributed by atoms with E-state index in [-0.39, 0.29) is 5.75 Å². The van der Waals surface area contributed by atoms with Crippen molar-refractivity contribution in [3.63, 3.8) is 0 Å². The zero-order valence-corrected chi connectivity index (χ0v) is 12.2. The van der Waals surface area contributed by atoms with Crippen molar-refractivity contribution in [1.29, 1.82) is 0 Å². The molecule has 0 saturated carbocycles. The van der Waals surface area contributed by atoms with Gasteiger partial charge in [-0.3, -0.25) is 20.1 Å². The van der Waals surface area contributed by atoms with Gasteiger partial charge in [0.2, 0.25) is 10.0 Å². The van der Waals surface area contributed by atoms with Gasteiger partial charge in [0.25, 0.3) is 0 Å². The van der Waals surface area contributed by atoms with Crippen LogP contribution in [0.5, 0.6) is 0 Å². The molecular formula is C12H15N5O3S. The zero-order valence-electron chi connectivity index (χ0n) is 11.4. The predicted octanol–water partition coefficient (Wildman–Crippen LogP) is 1.13. The number of hydroxylamine groups is 1. The lowest BCUT2D eigenvalue weighted by Gasteiger charge is -2.16. The molecule has 1 aromatic heterocycles. The Morgan fingerprint density at radius 2 is 2.33 bits per heavy atom. The molecule has 1 aliphatic heterocycles. The van der Waals surface area contributed by atoms with Crippen molar-refractivity contribution in [1.82, 2.24) is 15.7 Å². The average molecular weight is 309 g/mol. The maximum Gasteiger partial charge on any atom is 0.235 e. The summed E-state index contributed by atoms with van der Waals surface area (Å²) < 4.78 is 25.4. The van der Waals surface area contributed by atoms with Crippen molar-refractivity contribution in [3.8, 4) is 0 Å². The second-order valence-corrected chi connectivity index (χ2v) is 6.84. The van der Waals surface area contributed by atoms with Gasteiger partial charge in [0.1, 0.15) is 5.84 Å². The third kappa shape index (κ3) is 2.45. The summed E-state index contributed by atoms with van der Waals surface area (Å²) in [6, 6.07) is 5.26. The number of nitrogens with zero attached hydrogens (tertiary/aromatic N) is 3. The number of nitrogens with one attached hydrogen (secondary N) is 2. The molecular weight excluding hydrogens is 294 g/mol. The summed E-state index contributed by atoms with van der Waals surface area (Å²) in [6.07, 6.45) is 0.629. The second kappa shape index (κ2) is 5.01. The van der Waals surface area contributed by atoms with E-state index < -0.39 is 10.0 Å². The molecule has 0 unspecified atom stereocenters. The van der Waals surface area contributed by atoms with Crippen molar-refractivity contribution in [2.75, 3.05) is 16.6 Å². The van der Waals surface area contributed by atoms with Crippen LogP contribution in [0.2, 0.25) is 0 Å². The molecule has 0 spiro atoms. The molecule has 2 aromatic rings. The molecule has 1 aromatic carbocycles. The number of rotatable bonds is 2. The number of aromatic amines is 1. The van der Waals surface area contributed by atoms with Gasteiger partial charge in [0.05, 0.1) is 17.0 Å². The Morgan fingerprint density at radius 3 is 3.00 bits per heavy atom. The Labute approximate surface area is 121 Å². The highest BCUT2D eigenvalue weighted by Crippen LogP contribution is 2.30. The normalized spacial score (nSPS) is 18.4. The third-order valence-corrected chi connectivity index (χ3v) is 5.22. The smallest absolute Gasteiger partial charge is 0.235 e. The highest BCUT2D eigenvalue weighted by Gasteiger charge is 2.28. The van der Waals surface area contributed by atoms with Crippen LogP contribution in [0.15, 0.2) is 23.2 Å². The summed E-state index contributed by atoms with van der Waals surface area (Å²) in [5, 5.41) is 16.4. The molecule has 1 fully saturated rings. The summed E-state index contributed by atoms with van der Waals surface area (Å²) in [6.45, 7) is 2.08. The number of aromatic nitrogens is 2. The maximum atomic E-state index is 12.0. The average Bonchev–Trinajstić information content (AvgIpc) is 3.01. The molecule has 0 aliphatic carbocycles. The first-order valence-electron chi connectivity index (χ1n) is 6.45. The molecule has 8 nitrogen and oxygen atoms in total. The van der Waals surface area contributed by atoms with E-state index in [0.29, 0.717) is 35.7 Å². The highest BCUT2D eigenvalue weighted by atomic mass is 32.2. The van der Waals surface area contributed by atoms with Gasteiger partial charge in [-0.25, -0.2) is 13.4 Å². The minimum absolute atomic E-state index is 0.176. The van der Waals surface area contributed by atoms with Crippen molar-refractivity contribution in [2.24, 2.45) is 4.99 Å². The summed E-state index contributed by atoms with van der Waals surface area (Å²) in [5.74, 6) is 0.861. The number of fused-ring (bicyclic) bond motifs is 1. The minimum atomic E-state index is -3.22. The van der Waals surface area contributed by atoms with E-state index >= 15 is 0 Å². The van der Waals surface area contributed by atoms with Crippen molar-refractivity contribution >= 4 is 38.3 Å². The van der Waals surface area contributed by atoms with Crippen LogP contribution in [-0.4, -0.2) is 42.0 Å². The van der Waals surface area contributed by atoms with E-state index in [1.54, 1.807) is 25.1 Å². The Bertz CT molecular complexity index is 811. The number of amidine groups is 1. The third-order valence-electron chi connectivity index (χ3n) is 3.35. The fourth-order valence-corrected chi connectivity index (χ4v) is 3.90. The van der Waals surface area contributed by atoms with Crippen LogP contribution in [0.25, 0.3) is 10.9 Å². The van der Waals surface area contributed by atoms with E-state index in [1.165, 1.54) is 4.31 Å². The molecule has 0 radical (unpaired) electrons. The monoisotopic (exact) mass is 309 g/mol. The molecule has 112 valence electrons. The molecule has 1 aliphatic rings. The summed E-state index contributed by atoms with van der Waals surface area (Å²) in [4.78, 5) is 4.11. The Hall–Kier alpha value is -2.13. The Kier molecular flexibility index (Phi) is 3.30. The van der Waals surface area contributed by atoms with Crippen LogP contribution in [0.4, 0.5) is 11.5 Å². The SMILES string of the molecule is CC(=Nc1n[nH]c2ccc(N3CCCS3(=O)=O)cc12)NO. The molecule has 1 saturated heterocycles. The number of H-pyrrole nitrogens is 1. The van der Waals surface area contributed by atoms with Crippen LogP contribution in [0.3, 0.4) is 0 Å². The lowest BCUT2D eigenvalue weighted by atomic mass is 10.2. The maximum absolute atomic E-state index is 12.0. The molecule has 0 amide bonds. The van der Waals surface area contributed by atoms with E-state index in [4.69, 9.17) is 5.21 Å². The standard InChI is InChI=1S/C12H15N5O3S/c1-8(16-18)13-12-10-7-9(3-4-11(10)14-15-12)17-5-2-6-21(17,19)20/h3-4,7,18H,2,5-6H2,1H3,(H2,13,14,15,16). The van der Waals surface area contributed by atoms with E-state index in [1.807, 2.05) is 5.48 Å². The van der Waals surface area contributed by atoms with Gasteiger partial charge in [0, 0.05) is 11.9 Å². The number of anilines is 1. The van der Waals surface area contributed by atoms with E-state index in [0.717, 1.165) is 5.52 Å². The number of sulfonamides is 1. The lowest BCUT2D eigenvalue weighted by molar-refractivity contribution is 0.234.